The summed E-state index contributed by atoms with van der Waals surface area (Å²) in [6, 6.07) is 17.9. The van der Waals surface area contributed by atoms with Crippen LogP contribution in [0.5, 0.6) is 17.2 Å². The zero-order valence-corrected chi connectivity index (χ0v) is 22.2. The first-order chi connectivity index (χ1) is 17.9. The Labute approximate surface area is 222 Å². The van der Waals surface area contributed by atoms with E-state index in [1.165, 1.54) is 0 Å². The van der Waals surface area contributed by atoms with Crippen LogP contribution in [0.15, 0.2) is 54.6 Å². The van der Waals surface area contributed by atoms with Crippen molar-refractivity contribution in [2.75, 3.05) is 41.0 Å². The van der Waals surface area contributed by atoms with Gasteiger partial charge < -0.3 is 14.2 Å². The SMILES string of the molecule is COc1cc(-c2cccc(-c3ccc4c(c3)OCCO4)c2Cl)ccc1CN1CCCC1C(=O)NN(C)C. The van der Waals surface area contributed by atoms with E-state index >= 15 is 0 Å². The van der Waals surface area contributed by atoms with Crippen molar-refractivity contribution in [2.24, 2.45) is 0 Å². The molecule has 0 spiro atoms. The molecule has 1 saturated heterocycles. The van der Waals surface area contributed by atoms with Gasteiger partial charge in [-0.1, -0.05) is 48.0 Å². The standard InChI is InChI=1S/C29H32ClN3O4/c1-32(2)31-29(34)24-8-5-13-33(24)18-21-10-9-19(16-26(21)35-3)22-6-4-7-23(28(22)30)20-11-12-25-27(17-20)37-15-14-36-25/h4,6-7,9-12,16-17,24H,5,8,13-15,18H2,1-3H3,(H,31,34). The number of hydrogen-bond donors (Lipinski definition) is 1. The van der Waals surface area contributed by atoms with Crippen LogP contribution in [0.2, 0.25) is 5.02 Å². The molecule has 1 N–H and O–H groups in total. The largest absolute Gasteiger partial charge is 0.496 e. The highest BCUT2D eigenvalue weighted by molar-refractivity contribution is 6.36. The summed E-state index contributed by atoms with van der Waals surface area (Å²) in [6.07, 6.45) is 1.84. The van der Waals surface area contributed by atoms with E-state index in [4.69, 9.17) is 25.8 Å². The van der Waals surface area contributed by atoms with Crippen molar-refractivity contribution < 1.29 is 19.0 Å². The highest BCUT2D eigenvalue weighted by Gasteiger charge is 2.31. The van der Waals surface area contributed by atoms with Gasteiger partial charge in [0.15, 0.2) is 11.5 Å². The molecule has 8 heteroatoms. The fourth-order valence-electron chi connectivity index (χ4n) is 5.06. The van der Waals surface area contributed by atoms with E-state index in [0.29, 0.717) is 24.8 Å². The second-order valence-electron chi connectivity index (χ2n) is 9.55. The quantitative estimate of drug-likeness (QED) is 0.441. The van der Waals surface area contributed by atoms with Crippen molar-refractivity contribution >= 4 is 17.5 Å². The third kappa shape index (κ3) is 5.39. The van der Waals surface area contributed by atoms with Crippen molar-refractivity contribution in [1.29, 1.82) is 0 Å². The van der Waals surface area contributed by atoms with Gasteiger partial charge in [-0.15, -0.1) is 0 Å². The monoisotopic (exact) mass is 521 g/mol. The highest BCUT2D eigenvalue weighted by atomic mass is 35.5. The van der Waals surface area contributed by atoms with E-state index in [2.05, 4.69) is 22.5 Å². The zero-order valence-electron chi connectivity index (χ0n) is 21.4. The first-order valence-electron chi connectivity index (χ1n) is 12.5. The average molecular weight is 522 g/mol. The molecule has 0 aromatic heterocycles. The molecule has 1 fully saturated rings. The van der Waals surface area contributed by atoms with Gasteiger partial charge in [-0.3, -0.25) is 15.1 Å². The van der Waals surface area contributed by atoms with E-state index in [1.807, 2.05) is 56.6 Å². The Kier molecular flexibility index (Phi) is 7.55. The van der Waals surface area contributed by atoms with Crippen LogP contribution in [0, 0.1) is 0 Å². The molecule has 0 aliphatic carbocycles. The van der Waals surface area contributed by atoms with E-state index < -0.39 is 0 Å². The topological polar surface area (TPSA) is 63.3 Å². The molecular formula is C29H32ClN3O4. The Bertz CT molecular complexity index is 1300. The summed E-state index contributed by atoms with van der Waals surface area (Å²) in [7, 11) is 5.33. The van der Waals surface area contributed by atoms with E-state index in [0.717, 1.165) is 64.5 Å². The molecule has 2 aliphatic rings. The van der Waals surface area contributed by atoms with Crippen LogP contribution >= 0.6 is 11.6 Å². The average Bonchev–Trinajstić information content (AvgIpc) is 3.37. The van der Waals surface area contributed by atoms with Crippen LogP contribution in [-0.2, 0) is 11.3 Å². The maximum Gasteiger partial charge on any atom is 0.251 e. The molecule has 3 aromatic rings. The summed E-state index contributed by atoms with van der Waals surface area (Å²) in [5.74, 6) is 2.29. The van der Waals surface area contributed by atoms with E-state index in [-0.39, 0.29) is 11.9 Å². The molecule has 2 aliphatic heterocycles. The van der Waals surface area contributed by atoms with E-state index in [1.54, 1.807) is 12.1 Å². The van der Waals surface area contributed by atoms with Gasteiger partial charge in [-0.2, -0.15) is 0 Å². The van der Waals surface area contributed by atoms with Crippen LogP contribution in [0.4, 0.5) is 0 Å². The lowest BCUT2D eigenvalue weighted by molar-refractivity contribution is -0.129. The highest BCUT2D eigenvalue weighted by Crippen LogP contribution is 2.41. The number of methoxy groups -OCH3 is 1. The predicted octanol–water partition coefficient (Wildman–Crippen LogP) is 5.01. The molecule has 194 valence electrons. The number of amides is 1. The Morgan fingerprint density at radius 1 is 1.05 bits per heavy atom. The molecule has 3 aromatic carbocycles. The zero-order chi connectivity index (χ0) is 25.9. The minimum Gasteiger partial charge on any atom is -0.496 e. The summed E-state index contributed by atoms with van der Waals surface area (Å²) < 4.78 is 17.2. The number of benzene rings is 3. The number of carbonyl (C=O) groups is 1. The van der Waals surface area contributed by atoms with Gasteiger partial charge >= 0.3 is 0 Å². The Balaban J connectivity index is 1.41. The van der Waals surface area contributed by atoms with Crippen molar-refractivity contribution in [3.63, 3.8) is 0 Å². The van der Waals surface area contributed by atoms with Crippen molar-refractivity contribution in [3.05, 3.63) is 65.2 Å². The van der Waals surface area contributed by atoms with Gasteiger partial charge in [0.1, 0.15) is 19.0 Å². The minimum absolute atomic E-state index is 0.0285. The van der Waals surface area contributed by atoms with Crippen LogP contribution in [0.3, 0.4) is 0 Å². The molecule has 7 nitrogen and oxygen atoms in total. The number of rotatable bonds is 7. The fourth-order valence-corrected chi connectivity index (χ4v) is 5.40. The fraction of sp³-hybridized carbons (Fsp3) is 0.345. The van der Waals surface area contributed by atoms with Crippen LogP contribution in [-0.4, -0.2) is 62.8 Å². The van der Waals surface area contributed by atoms with Gasteiger partial charge in [0, 0.05) is 37.3 Å². The van der Waals surface area contributed by atoms with Crippen molar-refractivity contribution in [2.45, 2.75) is 25.4 Å². The number of carbonyl (C=O) groups excluding carboxylic acids is 1. The third-order valence-corrected chi connectivity index (χ3v) is 7.23. The number of hydrazine groups is 1. The van der Waals surface area contributed by atoms with Gasteiger partial charge in [0.2, 0.25) is 0 Å². The molecule has 0 saturated carbocycles. The van der Waals surface area contributed by atoms with Crippen molar-refractivity contribution in [1.82, 2.24) is 15.3 Å². The smallest absolute Gasteiger partial charge is 0.251 e. The maximum absolute atomic E-state index is 12.7. The van der Waals surface area contributed by atoms with E-state index in [9.17, 15) is 4.79 Å². The molecule has 1 unspecified atom stereocenters. The lowest BCUT2D eigenvalue weighted by atomic mass is 9.97. The normalized spacial score (nSPS) is 17.2. The Morgan fingerprint density at radius 2 is 1.76 bits per heavy atom. The van der Waals surface area contributed by atoms with Gasteiger partial charge in [-0.25, -0.2) is 5.01 Å². The number of hydrogen-bond acceptors (Lipinski definition) is 6. The number of likely N-dealkylation sites (tertiary alicyclic amines) is 1. The molecule has 2 heterocycles. The number of nitrogens with one attached hydrogen (secondary N) is 1. The number of fused-ring (bicyclic) bond motifs is 1. The second-order valence-corrected chi connectivity index (χ2v) is 9.93. The molecule has 37 heavy (non-hydrogen) atoms. The summed E-state index contributed by atoms with van der Waals surface area (Å²) in [5.41, 5.74) is 7.71. The molecule has 0 radical (unpaired) electrons. The second kappa shape index (κ2) is 11.0. The molecule has 5 rings (SSSR count). The lowest BCUT2D eigenvalue weighted by Crippen LogP contribution is -2.47. The van der Waals surface area contributed by atoms with Gasteiger partial charge in [-0.05, 0) is 48.7 Å². The molecule has 1 atom stereocenters. The van der Waals surface area contributed by atoms with Gasteiger partial charge in [0.25, 0.3) is 5.91 Å². The summed E-state index contributed by atoms with van der Waals surface area (Å²) in [5, 5.41) is 2.35. The summed E-state index contributed by atoms with van der Waals surface area (Å²) >= 11 is 6.96. The van der Waals surface area contributed by atoms with Crippen LogP contribution < -0.4 is 19.6 Å². The lowest BCUT2D eigenvalue weighted by Gasteiger charge is -2.26. The van der Waals surface area contributed by atoms with Gasteiger partial charge in [0.05, 0.1) is 18.2 Å². The number of halogens is 1. The third-order valence-electron chi connectivity index (χ3n) is 6.82. The molecule has 1 amide bonds. The minimum atomic E-state index is -0.149. The summed E-state index contributed by atoms with van der Waals surface area (Å²) in [6.45, 7) is 2.61. The Hall–Kier alpha value is -3.26. The van der Waals surface area contributed by atoms with Crippen LogP contribution in [0.1, 0.15) is 18.4 Å². The number of nitrogens with zero attached hydrogens (tertiary/aromatic N) is 2. The van der Waals surface area contributed by atoms with Crippen molar-refractivity contribution in [3.8, 4) is 39.5 Å². The predicted molar refractivity (Wildman–Crippen MR) is 145 cm³/mol. The first-order valence-corrected chi connectivity index (χ1v) is 12.9. The maximum atomic E-state index is 12.7. The first kappa shape index (κ1) is 25.4. The molecule has 0 bridgehead atoms. The van der Waals surface area contributed by atoms with Crippen LogP contribution in [0.25, 0.3) is 22.3 Å². The number of ether oxygens (including phenoxy) is 3. The summed E-state index contributed by atoms with van der Waals surface area (Å²) in [4.78, 5) is 14.9. The Morgan fingerprint density at radius 3 is 2.49 bits per heavy atom. The molecular weight excluding hydrogens is 490 g/mol.